The molecule has 1 saturated carbocycles. The van der Waals surface area contributed by atoms with Crippen LogP contribution in [0.3, 0.4) is 0 Å². The molecule has 8 heteroatoms. The number of nitrogens with zero attached hydrogens (tertiary/aromatic N) is 1. The van der Waals surface area contributed by atoms with Crippen molar-refractivity contribution < 1.29 is 28.1 Å². The monoisotopic (exact) mass is 311 g/mol. The maximum atomic E-state index is 12.6. The van der Waals surface area contributed by atoms with Crippen molar-refractivity contribution in [2.75, 3.05) is 0 Å². The van der Waals surface area contributed by atoms with E-state index in [4.69, 9.17) is 0 Å². The van der Waals surface area contributed by atoms with E-state index in [1.807, 2.05) is 0 Å². The average molecular weight is 311 g/mol. The van der Waals surface area contributed by atoms with E-state index in [-0.39, 0.29) is 12.8 Å². The number of nitro groups is 1. The number of alkyl halides is 2. The number of hydrogen-bond acceptors (Lipinski definition) is 5. The van der Waals surface area contributed by atoms with E-state index in [1.54, 1.807) is 0 Å². The number of carbonyl (C=O) groups is 3. The van der Waals surface area contributed by atoms with Crippen LogP contribution in [-0.4, -0.2) is 22.3 Å². The van der Waals surface area contributed by atoms with Crippen LogP contribution < -0.4 is 0 Å². The molecule has 0 atom stereocenters. The Hall–Kier alpha value is -2.51. The molecule has 0 saturated heterocycles. The van der Waals surface area contributed by atoms with Crippen molar-refractivity contribution in [3.8, 4) is 0 Å². The van der Waals surface area contributed by atoms with Crippen LogP contribution in [0.5, 0.6) is 0 Å². The zero-order chi connectivity index (χ0) is 16.4. The lowest BCUT2D eigenvalue weighted by atomic mass is 9.81. The summed E-state index contributed by atoms with van der Waals surface area (Å²) in [7, 11) is 0. The van der Waals surface area contributed by atoms with Crippen molar-refractivity contribution in [2.24, 2.45) is 5.92 Å². The second-order valence-corrected chi connectivity index (χ2v) is 4.92. The van der Waals surface area contributed by atoms with Gasteiger partial charge in [0.2, 0.25) is 0 Å². The molecule has 0 amide bonds. The largest absolute Gasteiger partial charge is 0.298 e. The normalized spacial score (nSPS) is 16.1. The Labute approximate surface area is 123 Å². The Kier molecular flexibility index (Phi) is 4.39. The predicted molar refractivity (Wildman–Crippen MR) is 69.7 cm³/mol. The highest BCUT2D eigenvalue weighted by Crippen LogP contribution is 2.30. The fraction of sp³-hybridized carbons (Fsp3) is 0.357. The molecule has 0 aliphatic heterocycles. The molecule has 0 heterocycles. The van der Waals surface area contributed by atoms with Gasteiger partial charge in [0.25, 0.3) is 12.1 Å². The first-order valence-electron chi connectivity index (χ1n) is 6.49. The topological polar surface area (TPSA) is 94.3 Å². The minimum atomic E-state index is -2.93. The van der Waals surface area contributed by atoms with E-state index >= 15 is 0 Å². The van der Waals surface area contributed by atoms with Gasteiger partial charge >= 0.3 is 0 Å². The molecule has 1 aliphatic rings. The van der Waals surface area contributed by atoms with Crippen LogP contribution in [0.15, 0.2) is 18.2 Å². The van der Waals surface area contributed by atoms with E-state index in [2.05, 4.69) is 0 Å². The number of halogens is 2. The average Bonchev–Trinajstić information content (AvgIpc) is 2.46. The van der Waals surface area contributed by atoms with Gasteiger partial charge in [0.15, 0.2) is 17.3 Å². The maximum absolute atomic E-state index is 12.6. The number of Topliss-reactive ketones (excluding diaryl/α,β-unsaturated/α-hetero) is 3. The highest BCUT2D eigenvalue weighted by Gasteiger charge is 2.39. The lowest BCUT2D eigenvalue weighted by molar-refractivity contribution is -0.385. The van der Waals surface area contributed by atoms with E-state index in [0.29, 0.717) is 12.5 Å². The third-order valence-electron chi connectivity index (χ3n) is 3.49. The van der Waals surface area contributed by atoms with Gasteiger partial charge in [-0.3, -0.25) is 24.5 Å². The molecule has 116 valence electrons. The van der Waals surface area contributed by atoms with Gasteiger partial charge < -0.3 is 0 Å². The number of nitro benzene ring substituents is 1. The molecule has 0 aromatic heterocycles. The molecule has 1 aliphatic carbocycles. The van der Waals surface area contributed by atoms with Crippen molar-refractivity contribution in [1.82, 2.24) is 0 Å². The molecule has 1 fully saturated rings. The first-order chi connectivity index (χ1) is 10.3. The lowest BCUT2D eigenvalue weighted by Crippen LogP contribution is -2.35. The maximum Gasteiger partial charge on any atom is 0.280 e. The number of rotatable bonds is 4. The number of hydrogen-bond donors (Lipinski definition) is 0. The molecule has 6 nitrogen and oxygen atoms in total. The molecule has 22 heavy (non-hydrogen) atoms. The fourth-order valence-corrected chi connectivity index (χ4v) is 2.40. The molecule has 0 radical (unpaired) electrons. The minimum Gasteiger partial charge on any atom is -0.298 e. The lowest BCUT2D eigenvalue weighted by Gasteiger charge is -2.18. The standard InChI is InChI=1S/C14H11F2NO5/c15-14(16)7-4-5-8(9(6-7)17(21)22)13(20)12-10(18)2-1-3-11(12)19/h4-6,12,14H,1-3H2. The van der Waals surface area contributed by atoms with Gasteiger partial charge in [0, 0.05) is 24.5 Å². The Morgan fingerprint density at radius 2 is 1.82 bits per heavy atom. The van der Waals surface area contributed by atoms with Crippen LogP contribution in [-0.2, 0) is 9.59 Å². The molecular formula is C14H11F2NO5. The van der Waals surface area contributed by atoms with Gasteiger partial charge in [-0.05, 0) is 12.5 Å². The number of carbonyl (C=O) groups excluding carboxylic acids is 3. The predicted octanol–water partition coefficient (Wildman–Crippen LogP) is 2.65. The van der Waals surface area contributed by atoms with E-state index < -0.39 is 51.4 Å². The van der Waals surface area contributed by atoms with Crippen LogP contribution >= 0.6 is 0 Å². The van der Waals surface area contributed by atoms with Gasteiger partial charge in [0.1, 0.15) is 5.92 Å². The smallest absolute Gasteiger partial charge is 0.280 e. The van der Waals surface area contributed by atoms with Crippen molar-refractivity contribution in [3.63, 3.8) is 0 Å². The highest BCUT2D eigenvalue weighted by molar-refractivity contribution is 6.25. The summed E-state index contributed by atoms with van der Waals surface area (Å²) in [5, 5.41) is 11.0. The van der Waals surface area contributed by atoms with Gasteiger partial charge in [-0.1, -0.05) is 6.07 Å². The van der Waals surface area contributed by atoms with Crippen molar-refractivity contribution in [2.45, 2.75) is 25.7 Å². The summed E-state index contributed by atoms with van der Waals surface area (Å²) in [6.45, 7) is 0. The second kappa shape index (κ2) is 6.08. The third-order valence-corrected chi connectivity index (χ3v) is 3.49. The van der Waals surface area contributed by atoms with Crippen molar-refractivity contribution in [3.05, 3.63) is 39.4 Å². The third kappa shape index (κ3) is 2.90. The summed E-state index contributed by atoms with van der Waals surface area (Å²) in [5.74, 6) is -3.74. The summed E-state index contributed by atoms with van der Waals surface area (Å²) in [6, 6.07) is 2.34. The molecule has 0 bridgehead atoms. The van der Waals surface area contributed by atoms with Crippen LogP contribution in [0.2, 0.25) is 0 Å². The molecule has 2 rings (SSSR count). The molecule has 1 aromatic carbocycles. The van der Waals surface area contributed by atoms with E-state index in [1.165, 1.54) is 0 Å². The van der Waals surface area contributed by atoms with E-state index in [0.717, 1.165) is 12.1 Å². The van der Waals surface area contributed by atoms with Gasteiger partial charge in [-0.15, -0.1) is 0 Å². The molecule has 0 N–H and O–H groups in total. The highest BCUT2D eigenvalue weighted by atomic mass is 19.3. The van der Waals surface area contributed by atoms with E-state index in [9.17, 15) is 33.3 Å². The Bertz CT molecular complexity index is 655. The second-order valence-electron chi connectivity index (χ2n) is 4.92. The van der Waals surface area contributed by atoms with Gasteiger partial charge in [0.05, 0.1) is 10.5 Å². The zero-order valence-electron chi connectivity index (χ0n) is 11.3. The molecular weight excluding hydrogens is 300 g/mol. The van der Waals surface area contributed by atoms with Crippen LogP contribution in [0, 0.1) is 16.0 Å². The van der Waals surface area contributed by atoms with Gasteiger partial charge in [-0.25, -0.2) is 8.78 Å². The Morgan fingerprint density at radius 1 is 1.23 bits per heavy atom. The summed E-state index contributed by atoms with van der Waals surface area (Å²) in [6.07, 6.45) is -2.50. The van der Waals surface area contributed by atoms with Crippen molar-refractivity contribution >= 4 is 23.0 Å². The SMILES string of the molecule is O=C1CCCC(=O)C1C(=O)c1ccc(C(F)F)cc1[N+](=O)[O-]. The van der Waals surface area contributed by atoms with Crippen molar-refractivity contribution in [1.29, 1.82) is 0 Å². The van der Waals surface area contributed by atoms with Gasteiger partial charge in [-0.2, -0.15) is 0 Å². The van der Waals surface area contributed by atoms with Crippen LogP contribution in [0.25, 0.3) is 0 Å². The zero-order valence-corrected chi connectivity index (χ0v) is 11.3. The minimum absolute atomic E-state index is 0.0467. The summed E-state index contributed by atoms with van der Waals surface area (Å²) >= 11 is 0. The summed E-state index contributed by atoms with van der Waals surface area (Å²) < 4.78 is 25.2. The van der Waals surface area contributed by atoms with Crippen LogP contribution in [0.1, 0.15) is 41.6 Å². The molecule has 0 spiro atoms. The molecule has 0 unspecified atom stereocenters. The number of benzene rings is 1. The van der Waals surface area contributed by atoms with Crippen LogP contribution in [0.4, 0.5) is 14.5 Å². The Balaban J connectivity index is 2.47. The first-order valence-corrected chi connectivity index (χ1v) is 6.49. The Morgan fingerprint density at radius 3 is 2.32 bits per heavy atom. The number of ketones is 3. The molecule has 1 aromatic rings. The quantitative estimate of drug-likeness (QED) is 0.369. The summed E-state index contributed by atoms with van der Waals surface area (Å²) in [5.41, 5.74) is -1.93. The summed E-state index contributed by atoms with van der Waals surface area (Å²) in [4.78, 5) is 45.8. The fourth-order valence-electron chi connectivity index (χ4n) is 2.40. The first kappa shape index (κ1) is 15.9.